The molecule has 5 nitrogen and oxygen atoms in total. The van der Waals surface area contributed by atoms with Gasteiger partial charge in [-0.05, 0) is 68.1 Å². The summed E-state index contributed by atoms with van der Waals surface area (Å²) in [6, 6.07) is 12.0. The van der Waals surface area contributed by atoms with E-state index in [-0.39, 0.29) is 23.3 Å². The number of piperidine rings is 1. The Labute approximate surface area is 165 Å². The lowest BCUT2D eigenvalue weighted by Crippen LogP contribution is -2.43. The smallest absolute Gasteiger partial charge is 0.243 e. The van der Waals surface area contributed by atoms with Crippen molar-refractivity contribution in [1.82, 2.24) is 4.31 Å². The van der Waals surface area contributed by atoms with Crippen molar-refractivity contribution in [2.24, 2.45) is 5.92 Å². The number of benzene rings is 2. The van der Waals surface area contributed by atoms with Gasteiger partial charge < -0.3 is 5.32 Å². The third kappa shape index (κ3) is 4.51. The van der Waals surface area contributed by atoms with Crippen LogP contribution in [0.15, 0.2) is 47.4 Å². The summed E-state index contributed by atoms with van der Waals surface area (Å²) in [5.74, 6) is -0.513. The van der Waals surface area contributed by atoms with E-state index in [0.717, 1.165) is 16.8 Å². The van der Waals surface area contributed by atoms with Crippen LogP contribution in [-0.2, 0) is 14.8 Å². The van der Waals surface area contributed by atoms with Gasteiger partial charge in [-0.25, -0.2) is 8.42 Å². The van der Waals surface area contributed by atoms with E-state index < -0.39 is 10.0 Å². The predicted octanol–water partition coefficient (Wildman–Crippen LogP) is 4.00. The molecule has 0 saturated carbocycles. The number of hydrogen-bond acceptors (Lipinski definition) is 3. The molecule has 1 saturated heterocycles. The standard InChI is InChI=1S/C20H23ClN2O3S/c1-14-5-6-15(2)19(12-14)22-20(24)16-4-3-11-23(13-16)27(25,26)18-9-7-17(21)8-10-18/h5-10,12,16H,3-4,11,13H2,1-2H3,(H,22,24)/t16-/m0/s1. The number of nitrogens with one attached hydrogen (secondary N) is 1. The van der Waals surface area contributed by atoms with Crippen LogP contribution in [0.2, 0.25) is 5.02 Å². The van der Waals surface area contributed by atoms with Crippen molar-refractivity contribution in [3.63, 3.8) is 0 Å². The van der Waals surface area contributed by atoms with Gasteiger partial charge in [-0.15, -0.1) is 0 Å². The van der Waals surface area contributed by atoms with Crippen LogP contribution in [0.3, 0.4) is 0 Å². The number of amides is 1. The largest absolute Gasteiger partial charge is 0.326 e. The van der Waals surface area contributed by atoms with Crippen molar-refractivity contribution in [1.29, 1.82) is 0 Å². The Balaban J connectivity index is 1.74. The van der Waals surface area contributed by atoms with Crippen LogP contribution in [0, 0.1) is 19.8 Å². The first-order valence-electron chi connectivity index (χ1n) is 8.91. The molecule has 0 aliphatic carbocycles. The molecule has 0 unspecified atom stereocenters. The fourth-order valence-corrected chi connectivity index (χ4v) is 4.89. The van der Waals surface area contributed by atoms with Gasteiger partial charge in [-0.3, -0.25) is 4.79 Å². The van der Waals surface area contributed by atoms with Crippen molar-refractivity contribution in [3.05, 3.63) is 58.6 Å². The number of aryl methyl sites for hydroxylation is 2. The van der Waals surface area contributed by atoms with Crippen LogP contribution in [0.25, 0.3) is 0 Å². The quantitative estimate of drug-likeness (QED) is 0.834. The lowest BCUT2D eigenvalue weighted by atomic mass is 9.98. The average molecular weight is 407 g/mol. The molecule has 0 radical (unpaired) electrons. The van der Waals surface area contributed by atoms with Crippen molar-refractivity contribution in [2.75, 3.05) is 18.4 Å². The van der Waals surface area contributed by atoms with Crippen LogP contribution in [0.4, 0.5) is 5.69 Å². The SMILES string of the molecule is Cc1ccc(C)c(NC(=O)[C@H]2CCCN(S(=O)(=O)c3ccc(Cl)cc3)C2)c1. The maximum absolute atomic E-state index is 12.9. The monoisotopic (exact) mass is 406 g/mol. The van der Waals surface area contributed by atoms with Crippen LogP contribution in [0.1, 0.15) is 24.0 Å². The van der Waals surface area contributed by atoms with Crippen molar-refractivity contribution < 1.29 is 13.2 Å². The highest BCUT2D eigenvalue weighted by atomic mass is 35.5. The molecule has 2 aromatic rings. The minimum absolute atomic E-state index is 0.139. The Bertz CT molecular complexity index is 942. The molecule has 1 aliphatic heterocycles. The Hall–Kier alpha value is -1.89. The lowest BCUT2D eigenvalue weighted by Gasteiger charge is -2.31. The number of rotatable bonds is 4. The van der Waals surface area contributed by atoms with Gasteiger partial charge in [-0.1, -0.05) is 23.7 Å². The fraction of sp³-hybridized carbons (Fsp3) is 0.350. The molecule has 27 heavy (non-hydrogen) atoms. The average Bonchev–Trinajstić information content (AvgIpc) is 2.65. The molecule has 7 heteroatoms. The van der Waals surface area contributed by atoms with E-state index in [0.29, 0.717) is 24.4 Å². The molecular weight excluding hydrogens is 384 g/mol. The minimum atomic E-state index is -3.64. The first-order valence-corrected chi connectivity index (χ1v) is 10.7. The molecule has 1 N–H and O–H groups in total. The zero-order valence-electron chi connectivity index (χ0n) is 15.4. The Kier molecular flexibility index (Phi) is 5.89. The van der Waals surface area contributed by atoms with E-state index in [1.54, 1.807) is 12.1 Å². The maximum Gasteiger partial charge on any atom is 0.243 e. The fourth-order valence-electron chi connectivity index (χ4n) is 3.24. The molecule has 1 amide bonds. The Morgan fingerprint density at radius 1 is 1.15 bits per heavy atom. The van der Waals surface area contributed by atoms with Crippen LogP contribution in [0.5, 0.6) is 0 Å². The topological polar surface area (TPSA) is 66.5 Å². The van der Waals surface area contributed by atoms with E-state index >= 15 is 0 Å². The summed E-state index contributed by atoms with van der Waals surface area (Å²) in [6.45, 7) is 4.50. The summed E-state index contributed by atoms with van der Waals surface area (Å²) in [5, 5.41) is 3.45. The number of hydrogen-bond donors (Lipinski definition) is 1. The van der Waals surface area contributed by atoms with Crippen LogP contribution >= 0.6 is 11.6 Å². The highest BCUT2D eigenvalue weighted by molar-refractivity contribution is 7.89. The Morgan fingerprint density at radius 2 is 1.85 bits per heavy atom. The van der Waals surface area contributed by atoms with E-state index in [1.807, 2.05) is 32.0 Å². The number of anilines is 1. The zero-order valence-corrected chi connectivity index (χ0v) is 17.0. The summed E-state index contributed by atoms with van der Waals surface area (Å²) < 4.78 is 27.1. The first-order chi connectivity index (χ1) is 12.8. The molecule has 0 spiro atoms. The lowest BCUT2D eigenvalue weighted by molar-refractivity contribution is -0.120. The van der Waals surface area contributed by atoms with Crippen molar-refractivity contribution >= 4 is 33.2 Å². The second kappa shape index (κ2) is 8.00. The Morgan fingerprint density at radius 3 is 2.56 bits per heavy atom. The number of carbonyl (C=O) groups excluding carboxylic acids is 1. The third-order valence-corrected chi connectivity index (χ3v) is 6.99. The van der Waals surface area contributed by atoms with Gasteiger partial charge in [0.15, 0.2) is 0 Å². The molecule has 0 aromatic heterocycles. The van der Waals surface area contributed by atoms with Crippen LogP contribution in [-0.4, -0.2) is 31.7 Å². The highest BCUT2D eigenvalue weighted by Gasteiger charge is 2.33. The molecule has 1 fully saturated rings. The number of halogens is 1. The van der Waals surface area contributed by atoms with Gasteiger partial charge in [0, 0.05) is 23.8 Å². The molecular formula is C20H23ClN2O3S. The second-order valence-corrected chi connectivity index (χ2v) is 9.34. The number of carbonyl (C=O) groups is 1. The maximum atomic E-state index is 12.9. The normalized spacial score (nSPS) is 18.3. The predicted molar refractivity (Wildman–Crippen MR) is 107 cm³/mol. The number of sulfonamides is 1. The van der Waals surface area contributed by atoms with Gasteiger partial charge in [0.05, 0.1) is 10.8 Å². The molecule has 0 bridgehead atoms. The van der Waals surface area contributed by atoms with Crippen LogP contribution < -0.4 is 5.32 Å². The first kappa shape index (κ1) is 19.9. The van der Waals surface area contributed by atoms with Gasteiger partial charge in [0.2, 0.25) is 15.9 Å². The molecule has 3 rings (SSSR count). The summed E-state index contributed by atoms with van der Waals surface area (Å²) in [5.41, 5.74) is 2.82. The summed E-state index contributed by atoms with van der Waals surface area (Å²) in [7, 11) is -3.64. The van der Waals surface area contributed by atoms with E-state index in [9.17, 15) is 13.2 Å². The van der Waals surface area contributed by atoms with Gasteiger partial charge >= 0.3 is 0 Å². The summed E-state index contributed by atoms with van der Waals surface area (Å²) >= 11 is 5.85. The molecule has 1 atom stereocenters. The van der Waals surface area contributed by atoms with Gasteiger partial charge in [-0.2, -0.15) is 4.31 Å². The second-order valence-electron chi connectivity index (χ2n) is 6.96. The summed E-state index contributed by atoms with van der Waals surface area (Å²) in [4.78, 5) is 12.9. The molecule has 2 aromatic carbocycles. The van der Waals surface area contributed by atoms with E-state index in [1.165, 1.54) is 16.4 Å². The van der Waals surface area contributed by atoms with Crippen molar-refractivity contribution in [3.8, 4) is 0 Å². The molecule has 144 valence electrons. The third-order valence-electron chi connectivity index (χ3n) is 4.86. The number of nitrogens with zero attached hydrogens (tertiary/aromatic N) is 1. The zero-order chi connectivity index (χ0) is 19.6. The molecule has 1 aliphatic rings. The van der Waals surface area contributed by atoms with E-state index in [4.69, 9.17) is 11.6 Å². The van der Waals surface area contributed by atoms with Gasteiger partial charge in [0.25, 0.3) is 0 Å². The highest BCUT2D eigenvalue weighted by Crippen LogP contribution is 2.26. The van der Waals surface area contributed by atoms with E-state index in [2.05, 4.69) is 5.32 Å². The van der Waals surface area contributed by atoms with Crippen molar-refractivity contribution in [2.45, 2.75) is 31.6 Å². The summed E-state index contributed by atoms with van der Waals surface area (Å²) in [6.07, 6.45) is 1.32. The molecule has 1 heterocycles. The van der Waals surface area contributed by atoms with Gasteiger partial charge in [0.1, 0.15) is 0 Å². The minimum Gasteiger partial charge on any atom is -0.326 e.